The topological polar surface area (TPSA) is 40.0 Å². The largest absolute Gasteiger partial charge is 0.489 e. The molecule has 0 aliphatic carbocycles. The van der Waals surface area contributed by atoms with E-state index in [0.717, 1.165) is 38.2 Å². The van der Waals surface area contributed by atoms with Gasteiger partial charge in [-0.1, -0.05) is 25.9 Å². The molecule has 0 radical (unpaired) electrons. The highest BCUT2D eigenvalue weighted by Crippen LogP contribution is 2.35. The van der Waals surface area contributed by atoms with Gasteiger partial charge in [0.1, 0.15) is 24.7 Å². The van der Waals surface area contributed by atoms with Crippen molar-refractivity contribution in [1.82, 2.24) is 0 Å². The van der Waals surface area contributed by atoms with Gasteiger partial charge in [0.25, 0.3) is 0 Å². The fraction of sp³-hybridized carbons (Fsp3) is 0.526. The highest BCUT2D eigenvalue weighted by atomic mass is 79.9. The van der Waals surface area contributed by atoms with E-state index < -0.39 is 0 Å². The zero-order valence-electron chi connectivity index (χ0n) is 15.6. The lowest BCUT2D eigenvalue weighted by atomic mass is 9.97. The fourth-order valence-electron chi connectivity index (χ4n) is 2.19. The molecule has 0 bridgehead atoms. The van der Waals surface area contributed by atoms with Crippen LogP contribution in [0.1, 0.15) is 51.7 Å². The summed E-state index contributed by atoms with van der Waals surface area (Å²) in [5.41, 5.74) is 3.17. The Kier molecular flexibility index (Phi) is 10.2. The van der Waals surface area contributed by atoms with Crippen molar-refractivity contribution in [3.63, 3.8) is 0 Å². The molecule has 25 heavy (non-hydrogen) atoms. The number of ether oxygens (including phenoxy) is 2. The molecule has 0 saturated heterocycles. The third kappa shape index (κ3) is 8.27. The van der Waals surface area contributed by atoms with Crippen molar-refractivity contribution < 1.29 is 14.3 Å². The number of hydrogen-bond donors (Lipinski definition) is 0. The Bertz CT molecular complexity index is 605. The van der Waals surface area contributed by atoms with E-state index in [2.05, 4.69) is 63.9 Å². The Morgan fingerprint density at radius 3 is 2.44 bits per heavy atom. The predicted octanol–water partition coefficient (Wildman–Crippen LogP) is 6.17. The first-order chi connectivity index (χ1) is 11.8. The molecule has 1 rings (SSSR count). The molecule has 4 nitrogen and oxygen atoms in total. The molecule has 1 aromatic carbocycles. The molecule has 0 fully saturated rings. The van der Waals surface area contributed by atoms with E-state index >= 15 is 0 Å². The first-order valence-electron chi connectivity index (χ1n) is 8.41. The normalized spacial score (nSPS) is 10.4. The third-order valence-corrected chi connectivity index (χ3v) is 3.97. The van der Waals surface area contributed by atoms with Crippen LogP contribution in [0.5, 0.6) is 11.5 Å². The average molecular weight is 477 g/mol. The van der Waals surface area contributed by atoms with Crippen molar-refractivity contribution in [2.24, 2.45) is 5.16 Å². The first kappa shape index (κ1) is 22.0. The minimum atomic E-state index is 0.333. The van der Waals surface area contributed by atoms with E-state index in [1.807, 2.05) is 26.0 Å². The molecule has 0 saturated carbocycles. The number of rotatable bonds is 10. The summed E-state index contributed by atoms with van der Waals surface area (Å²) in [5.74, 6) is 2.12. The SMILES string of the molecule is CCc1cc(OCC=C(Br)Br)cc(C(C)C)c1OCCON=C(C)C. The fourth-order valence-corrected chi connectivity index (χ4v) is 2.45. The second-order valence-corrected chi connectivity index (χ2v) is 8.81. The van der Waals surface area contributed by atoms with E-state index in [4.69, 9.17) is 14.3 Å². The Hall–Kier alpha value is -1.01. The molecule has 0 heterocycles. The summed E-state index contributed by atoms with van der Waals surface area (Å²) < 4.78 is 12.7. The van der Waals surface area contributed by atoms with Crippen LogP contribution >= 0.6 is 31.9 Å². The van der Waals surface area contributed by atoms with Gasteiger partial charge in [-0.2, -0.15) is 0 Å². The van der Waals surface area contributed by atoms with Crippen LogP contribution in [0, 0.1) is 0 Å². The van der Waals surface area contributed by atoms with Crippen molar-refractivity contribution in [2.45, 2.75) is 47.0 Å². The number of oxime groups is 1. The highest BCUT2D eigenvalue weighted by molar-refractivity contribution is 9.28. The molecule has 0 amide bonds. The van der Waals surface area contributed by atoms with Crippen LogP contribution in [-0.2, 0) is 11.3 Å². The number of hydrogen-bond acceptors (Lipinski definition) is 4. The van der Waals surface area contributed by atoms with E-state index in [0.29, 0.717) is 25.7 Å². The summed E-state index contributed by atoms with van der Waals surface area (Å²) in [6.07, 6.45) is 2.79. The second kappa shape index (κ2) is 11.6. The molecular weight excluding hydrogens is 450 g/mol. The van der Waals surface area contributed by atoms with Crippen LogP contribution in [-0.4, -0.2) is 25.5 Å². The van der Waals surface area contributed by atoms with Crippen molar-refractivity contribution >= 4 is 37.6 Å². The molecule has 1 aromatic rings. The molecule has 0 aliphatic heterocycles. The third-order valence-electron chi connectivity index (χ3n) is 3.33. The van der Waals surface area contributed by atoms with Gasteiger partial charge < -0.3 is 14.3 Å². The molecule has 0 spiro atoms. The smallest absolute Gasteiger partial charge is 0.151 e. The maximum atomic E-state index is 6.02. The number of aryl methyl sites for hydroxylation is 1. The summed E-state index contributed by atoms with van der Waals surface area (Å²) in [7, 11) is 0. The quantitative estimate of drug-likeness (QED) is 0.230. The van der Waals surface area contributed by atoms with Gasteiger partial charge in [0.2, 0.25) is 0 Å². The Morgan fingerprint density at radius 1 is 1.16 bits per heavy atom. The summed E-state index contributed by atoms with van der Waals surface area (Å²) in [6.45, 7) is 11.6. The second-order valence-electron chi connectivity index (χ2n) is 6.03. The standard InChI is InChI=1S/C19H27Br2NO3/c1-6-15-11-16(23-8-7-18(20)21)12-17(13(2)3)19(15)24-9-10-25-22-14(4)5/h7,11-13H,6,8-10H2,1-5H3. The van der Waals surface area contributed by atoms with Crippen LogP contribution in [0.15, 0.2) is 26.8 Å². The molecule has 140 valence electrons. The lowest BCUT2D eigenvalue weighted by Crippen LogP contribution is -2.09. The predicted molar refractivity (Wildman–Crippen MR) is 112 cm³/mol. The van der Waals surface area contributed by atoms with Gasteiger partial charge >= 0.3 is 0 Å². The zero-order chi connectivity index (χ0) is 18.8. The number of nitrogens with zero attached hydrogens (tertiary/aromatic N) is 1. The Labute approximate surface area is 167 Å². The van der Waals surface area contributed by atoms with Crippen molar-refractivity contribution in [3.8, 4) is 11.5 Å². The molecule has 0 aromatic heterocycles. The van der Waals surface area contributed by atoms with Gasteiger partial charge in [-0.15, -0.1) is 0 Å². The molecular formula is C19H27Br2NO3. The summed E-state index contributed by atoms with van der Waals surface area (Å²) in [5, 5.41) is 3.92. The molecule has 0 N–H and O–H groups in total. The lowest BCUT2D eigenvalue weighted by Gasteiger charge is -2.19. The van der Waals surface area contributed by atoms with E-state index in [9.17, 15) is 0 Å². The van der Waals surface area contributed by atoms with Gasteiger partial charge in [0.05, 0.1) is 9.10 Å². The summed E-state index contributed by atoms with van der Waals surface area (Å²) in [6, 6.07) is 4.11. The van der Waals surface area contributed by atoms with Crippen LogP contribution in [0.4, 0.5) is 0 Å². The van der Waals surface area contributed by atoms with Gasteiger partial charge in [-0.25, -0.2) is 0 Å². The van der Waals surface area contributed by atoms with Gasteiger partial charge in [0, 0.05) is 5.56 Å². The van der Waals surface area contributed by atoms with Crippen LogP contribution in [0.25, 0.3) is 0 Å². The van der Waals surface area contributed by atoms with Crippen LogP contribution < -0.4 is 9.47 Å². The Balaban J connectivity index is 2.90. The number of benzene rings is 1. The minimum absolute atomic E-state index is 0.333. The van der Waals surface area contributed by atoms with Crippen LogP contribution in [0.3, 0.4) is 0 Å². The van der Waals surface area contributed by atoms with E-state index in [-0.39, 0.29) is 0 Å². The zero-order valence-corrected chi connectivity index (χ0v) is 18.7. The molecule has 6 heteroatoms. The van der Waals surface area contributed by atoms with E-state index in [1.54, 1.807) is 0 Å². The first-order valence-corrected chi connectivity index (χ1v) is 10.0. The minimum Gasteiger partial charge on any atom is -0.489 e. The summed E-state index contributed by atoms with van der Waals surface area (Å²) in [4.78, 5) is 5.21. The average Bonchev–Trinajstić information content (AvgIpc) is 2.54. The maximum Gasteiger partial charge on any atom is 0.151 e. The van der Waals surface area contributed by atoms with Crippen molar-refractivity contribution in [3.05, 3.63) is 32.7 Å². The number of halogens is 2. The van der Waals surface area contributed by atoms with E-state index in [1.165, 1.54) is 0 Å². The van der Waals surface area contributed by atoms with Crippen LogP contribution in [0.2, 0.25) is 0 Å². The highest BCUT2D eigenvalue weighted by Gasteiger charge is 2.15. The van der Waals surface area contributed by atoms with Gasteiger partial charge in [-0.3, -0.25) is 0 Å². The van der Waals surface area contributed by atoms with Gasteiger partial charge in [0.15, 0.2) is 6.61 Å². The monoisotopic (exact) mass is 475 g/mol. The molecule has 0 unspecified atom stereocenters. The summed E-state index contributed by atoms with van der Waals surface area (Å²) >= 11 is 6.66. The van der Waals surface area contributed by atoms with Crippen molar-refractivity contribution in [1.29, 1.82) is 0 Å². The molecule has 0 aliphatic rings. The van der Waals surface area contributed by atoms with Crippen molar-refractivity contribution in [2.75, 3.05) is 19.8 Å². The maximum absolute atomic E-state index is 6.02. The Morgan fingerprint density at radius 2 is 1.88 bits per heavy atom. The lowest BCUT2D eigenvalue weighted by molar-refractivity contribution is 0.106. The molecule has 0 atom stereocenters. The van der Waals surface area contributed by atoms with Gasteiger partial charge in [-0.05, 0) is 81.8 Å².